The summed E-state index contributed by atoms with van der Waals surface area (Å²) in [6.07, 6.45) is 1.86. The molecule has 8 heteroatoms. The monoisotopic (exact) mass is 301 g/mol. The van der Waals surface area contributed by atoms with E-state index in [4.69, 9.17) is 11.6 Å². The Balaban J connectivity index is 1.54. The van der Waals surface area contributed by atoms with Gasteiger partial charge >= 0.3 is 0 Å². The predicted octanol–water partition coefficient (Wildman–Crippen LogP) is 1.97. The number of hydrogen-bond donors (Lipinski definition) is 0. The predicted molar refractivity (Wildman–Crippen MR) is 74.5 cm³/mol. The minimum Gasteiger partial charge on any atom is -0.346 e. The SMILES string of the molecule is Clc1nnc(CN2CCN(c3nccs3)CC2)s1. The fraction of sp³-hybridized carbons (Fsp3) is 0.500. The lowest BCUT2D eigenvalue weighted by molar-refractivity contribution is 0.249. The number of nitrogens with zero attached hydrogens (tertiary/aromatic N) is 5. The van der Waals surface area contributed by atoms with Gasteiger partial charge in [0.05, 0.1) is 6.54 Å². The Hall–Kier alpha value is -0.760. The Morgan fingerprint density at radius 2 is 2.06 bits per heavy atom. The molecule has 3 heterocycles. The van der Waals surface area contributed by atoms with Crippen LogP contribution in [0.5, 0.6) is 0 Å². The number of piperazine rings is 1. The molecule has 0 bridgehead atoms. The molecule has 1 aliphatic heterocycles. The van der Waals surface area contributed by atoms with Crippen molar-refractivity contribution in [3.05, 3.63) is 21.1 Å². The van der Waals surface area contributed by atoms with Crippen molar-refractivity contribution >= 4 is 39.4 Å². The van der Waals surface area contributed by atoms with Crippen molar-refractivity contribution in [2.75, 3.05) is 31.1 Å². The molecule has 18 heavy (non-hydrogen) atoms. The van der Waals surface area contributed by atoms with Crippen molar-refractivity contribution < 1.29 is 0 Å². The van der Waals surface area contributed by atoms with Gasteiger partial charge in [-0.25, -0.2) is 4.98 Å². The van der Waals surface area contributed by atoms with E-state index in [-0.39, 0.29) is 0 Å². The van der Waals surface area contributed by atoms with Gasteiger partial charge in [0.1, 0.15) is 5.01 Å². The molecule has 0 aliphatic carbocycles. The van der Waals surface area contributed by atoms with Gasteiger partial charge in [0.2, 0.25) is 4.47 Å². The van der Waals surface area contributed by atoms with Crippen LogP contribution in [0.25, 0.3) is 0 Å². The molecule has 2 aromatic heterocycles. The first-order valence-corrected chi connectivity index (χ1v) is 7.73. The van der Waals surface area contributed by atoms with Crippen molar-refractivity contribution in [3.63, 3.8) is 0 Å². The molecule has 0 spiro atoms. The zero-order chi connectivity index (χ0) is 12.4. The first-order chi connectivity index (χ1) is 8.81. The maximum atomic E-state index is 5.78. The van der Waals surface area contributed by atoms with Crippen LogP contribution in [-0.4, -0.2) is 46.3 Å². The highest BCUT2D eigenvalue weighted by Gasteiger charge is 2.19. The van der Waals surface area contributed by atoms with E-state index in [1.54, 1.807) is 11.3 Å². The molecule has 0 atom stereocenters. The average molecular weight is 302 g/mol. The Labute approximate surface area is 118 Å². The van der Waals surface area contributed by atoms with Gasteiger partial charge in [0.25, 0.3) is 0 Å². The summed E-state index contributed by atoms with van der Waals surface area (Å²) >= 11 is 8.93. The Morgan fingerprint density at radius 1 is 1.22 bits per heavy atom. The highest BCUT2D eigenvalue weighted by atomic mass is 35.5. The molecule has 1 fully saturated rings. The number of halogens is 1. The first-order valence-electron chi connectivity index (χ1n) is 5.66. The molecule has 5 nitrogen and oxygen atoms in total. The molecule has 2 aromatic rings. The molecule has 0 N–H and O–H groups in total. The normalized spacial score (nSPS) is 17.3. The zero-order valence-corrected chi connectivity index (χ0v) is 12.0. The summed E-state index contributed by atoms with van der Waals surface area (Å²) in [5.41, 5.74) is 0. The Kier molecular flexibility index (Phi) is 3.74. The number of hydrogen-bond acceptors (Lipinski definition) is 7. The van der Waals surface area contributed by atoms with Crippen LogP contribution in [0.15, 0.2) is 11.6 Å². The average Bonchev–Trinajstić information content (AvgIpc) is 3.02. The van der Waals surface area contributed by atoms with Crippen molar-refractivity contribution in [1.82, 2.24) is 20.1 Å². The van der Waals surface area contributed by atoms with E-state index in [9.17, 15) is 0 Å². The largest absolute Gasteiger partial charge is 0.346 e. The summed E-state index contributed by atoms with van der Waals surface area (Å²) in [4.78, 5) is 9.04. The van der Waals surface area contributed by atoms with Crippen molar-refractivity contribution in [1.29, 1.82) is 0 Å². The fourth-order valence-corrected chi connectivity index (χ4v) is 3.56. The topological polar surface area (TPSA) is 45.2 Å². The molecule has 3 rings (SSSR count). The van der Waals surface area contributed by atoms with E-state index in [1.807, 2.05) is 11.6 Å². The van der Waals surface area contributed by atoms with Gasteiger partial charge in [-0.05, 0) is 11.6 Å². The molecule has 0 aromatic carbocycles. The summed E-state index contributed by atoms with van der Waals surface area (Å²) in [5.74, 6) is 0. The highest BCUT2D eigenvalue weighted by molar-refractivity contribution is 7.15. The Morgan fingerprint density at radius 3 is 2.67 bits per heavy atom. The molecular weight excluding hydrogens is 290 g/mol. The van der Waals surface area contributed by atoms with Gasteiger partial charge < -0.3 is 4.90 Å². The number of aromatic nitrogens is 3. The van der Waals surface area contributed by atoms with Crippen LogP contribution in [0.3, 0.4) is 0 Å². The number of anilines is 1. The van der Waals surface area contributed by atoms with Gasteiger partial charge in [-0.15, -0.1) is 21.5 Å². The molecule has 0 amide bonds. The maximum absolute atomic E-state index is 5.78. The lowest BCUT2D eigenvalue weighted by atomic mass is 10.3. The molecule has 0 saturated carbocycles. The highest BCUT2D eigenvalue weighted by Crippen LogP contribution is 2.21. The third-order valence-electron chi connectivity index (χ3n) is 2.86. The summed E-state index contributed by atoms with van der Waals surface area (Å²) in [5, 5.41) is 12.0. The number of thiazole rings is 1. The second-order valence-corrected chi connectivity index (χ2v) is 6.54. The van der Waals surface area contributed by atoms with Gasteiger partial charge in [-0.1, -0.05) is 11.3 Å². The summed E-state index contributed by atoms with van der Waals surface area (Å²) in [6.45, 7) is 4.92. The van der Waals surface area contributed by atoms with E-state index in [0.29, 0.717) is 4.47 Å². The third kappa shape index (κ3) is 2.80. The van der Waals surface area contributed by atoms with Crippen LogP contribution < -0.4 is 4.90 Å². The van der Waals surface area contributed by atoms with Crippen LogP contribution in [0.1, 0.15) is 5.01 Å². The van der Waals surface area contributed by atoms with Crippen LogP contribution in [0.2, 0.25) is 4.47 Å². The van der Waals surface area contributed by atoms with Crippen molar-refractivity contribution in [2.24, 2.45) is 0 Å². The van der Waals surface area contributed by atoms with Crippen LogP contribution in [0.4, 0.5) is 5.13 Å². The number of rotatable bonds is 3. The fourth-order valence-electron chi connectivity index (χ4n) is 1.96. The van der Waals surface area contributed by atoms with Gasteiger partial charge in [-0.2, -0.15) is 0 Å². The zero-order valence-electron chi connectivity index (χ0n) is 9.62. The minimum absolute atomic E-state index is 0.520. The summed E-state index contributed by atoms with van der Waals surface area (Å²) < 4.78 is 0.520. The molecule has 0 unspecified atom stereocenters. The second kappa shape index (κ2) is 5.48. The summed E-state index contributed by atoms with van der Waals surface area (Å²) in [6, 6.07) is 0. The van der Waals surface area contributed by atoms with Gasteiger partial charge in [0, 0.05) is 37.8 Å². The lowest BCUT2D eigenvalue weighted by Crippen LogP contribution is -2.45. The van der Waals surface area contributed by atoms with E-state index in [0.717, 1.165) is 42.9 Å². The third-order valence-corrected chi connectivity index (χ3v) is 4.70. The van der Waals surface area contributed by atoms with Crippen LogP contribution in [-0.2, 0) is 6.54 Å². The molecular formula is C10H12ClN5S2. The standard InChI is InChI=1S/C10H12ClN5S2/c11-9-14-13-8(18-9)7-15-2-4-16(5-3-15)10-12-1-6-17-10/h1,6H,2-5,7H2. The maximum Gasteiger partial charge on any atom is 0.207 e. The Bertz CT molecular complexity index is 492. The molecule has 96 valence electrons. The van der Waals surface area contributed by atoms with E-state index in [2.05, 4.69) is 25.0 Å². The first kappa shape index (κ1) is 12.3. The van der Waals surface area contributed by atoms with Crippen LogP contribution >= 0.6 is 34.3 Å². The van der Waals surface area contributed by atoms with E-state index < -0.39 is 0 Å². The minimum atomic E-state index is 0.520. The van der Waals surface area contributed by atoms with E-state index >= 15 is 0 Å². The quantitative estimate of drug-likeness (QED) is 0.867. The van der Waals surface area contributed by atoms with E-state index in [1.165, 1.54) is 11.3 Å². The second-order valence-electron chi connectivity index (χ2n) is 4.03. The van der Waals surface area contributed by atoms with Gasteiger partial charge in [-0.3, -0.25) is 4.90 Å². The van der Waals surface area contributed by atoms with Crippen molar-refractivity contribution in [2.45, 2.75) is 6.54 Å². The van der Waals surface area contributed by atoms with Gasteiger partial charge in [0.15, 0.2) is 5.13 Å². The summed E-state index contributed by atoms with van der Waals surface area (Å²) in [7, 11) is 0. The smallest absolute Gasteiger partial charge is 0.207 e. The molecule has 1 saturated heterocycles. The van der Waals surface area contributed by atoms with Crippen molar-refractivity contribution in [3.8, 4) is 0 Å². The molecule has 0 radical (unpaired) electrons. The lowest BCUT2D eigenvalue weighted by Gasteiger charge is -2.33. The molecule has 1 aliphatic rings. The van der Waals surface area contributed by atoms with Crippen LogP contribution in [0, 0.1) is 0 Å².